The van der Waals surface area contributed by atoms with Gasteiger partial charge < -0.3 is 15.4 Å². The van der Waals surface area contributed by atoms with Crippen molar-refractivity contribution in [2.75, 3.05) is 25.0 Å². The second kappa shape index (κ2) is 10.1. The highest BCUT2D eigenvalue weighted by Crippen LogP contribution is 2.29. The lowest BCUT2D eigenvalue weighted by Crippen LogP contribution is -2.45. The molecule has 1 saturated heterocycles. The van der Waals surface area contributed by atoms with Gasteiger partial charge in [0.05, 0.1) is 12.3 Å². The van der Waals surface area contributed by atoms with Crippen molar-refractivity contribution in [1.29, 1.82) is 0 Å². The zero-order valence-electron chi connectivity index (χ0n) is 16.5. The molecule has 1 atom stereocenters. The summed E-state index contributed by atoms with van der Waals surface area (Å²) >= 11 is 1.24. The van der Waals surface area contributed by atoms with Gasteiger partial charge in [-0.05, 0) is 49.8 Å². The van der Waals surface area contributed by atoms with E-state index in [1.807, 2.05) is 19.1 Å². The largest absolute Gasteiger partial charge is 0.492 e. The Labute approximate surface area is 176 Å². The van der Waals surface area contributed by atoms with Gasteiger partial charge in [-0.25, -0.2) is 13.2 Å². The highest BCUT2D eigenvalue weighted by atomic mass is 32.2. The van der Waals surface area contributed by atoms with E-state index in [0.717, 1.165) is 19.3 Å². The molecule has 2 N–H and O–H groups in total. The Bertz CT molecular complexity index is 900. The van der Waals surface area contributed by atoms with Crippen LogP contribution < -0.4 is 15.4 Å². The molecule has 1 unspecified atom stereocenters. The number of ether oxygens (including phenoxy) is 1. The summed E-state index contributed by atoms with van der Waals surface area (Å²) in [4.78, 5) is 12.3. The number of piperidine rings is 1. The van der Waals surface area contributed by atoms with Gasteiger partial charge in [-0.15, -0.1) is 11.3 Å². The van der Waals surface area contributed by atoms with Crippen molar-refractivity contribution in [3.8, 4) is 5.75 Å². The quantitative estimate of drug-likeness (QED) is 0.656. The summed E-state index contributed by atoms with van der Waals surface area (Å²) in [6.45, 7) is 3.32. The first kappa shape index (κ1) is 21.6. The van der Waals surface area contributed by atoms with E-state index in [9.17, 15) is 13.2 Å². The minimum Gasteiger partial charge on any atom is -0.492 e. The third-order valence-corrected chi connectivity index (χ3v) is 8.15. The molecule has 1 aliphatic heterocycles. The third kappa shape index (κ3) is 5.49. The van der Waals surface area contributed by atoms with Crippen LogP contribution in [0.4, 0.5) is 10.5 Å². The molecule has 1 aromatic carbocycles. The van der Waals surface area contributed by atoms with Gasteiger partial charge in [-0.1, -0.05) is 24.6 Å². The fourth-order valence-corrected chi connectivity index (χ4v) is 6.32. The van der Waals surface area contributed by atoms with Gasteiger partial charge in [0.1, 0.15) is 9.96 Å². The van der Waals surface area contributed by atoms with Gasteiger partial charge in [0.25, 0.3) is 10.0 Å². The number of nitrogens with zero attached hydrogens (tertiary/aromatic N) is 1. The predicted octanol–water partition coefficient (Wildman–Crippen LogP) is 3.90. The normalized spacial score (nSPS) is 17.6. The minimum absolute atomic E-state index is 0.105. The molecule has 29 heavy (non-hydrogen) atoms. The van der Waals surface area contributed by atoms with E-state index in [-0.39, 0.29) is 12.1 Å². The lowest BCUT2D eigenvalue weighted by atomic mass is 10.0. The van der Waals surface area contributed by atoms with Gasteiger partial charge in [0, 0.05) is 19.1 Å². The van der Waals surface area contributed by atoms with E-state index in [0.29, 0.717) is 41.8 Å². The van der Waals surface area contributed by atoms with Crippen LogP contribution in [0.25, 0.3) is 0 Å². The molecule has 1 aromatic heterocycles. The summed E-state index contributed by atoms with van der Waals surface area (Å²) in [5.41, 5.74) is 0.603. The maximum absolute atomic E-state index is 12.9. The number of urea groups is 1. The Morgan fingerprint density at radius 3 is 2.83 bits per heavy atom. The summed E-state index contributed by atoms with van der Waals surface area (Å²) in [5, 5.41) is 7.40. The molecule has 2 amide bonds. The monoisotopic (exact) mass is 437 g/mol. The van der Waals surface area contributed by atoms with Crippen molar-refractivity contribution in [3.63, 3.8) is 0 Å². The Balaban J connectivity index is 1.55. The molecule has 0 bridgehead atoms. The molecule has 0 radical (unpaired) electrons. The first-order chi connectivity index (χ1) is 14.0. The minimum atomic E-state index is -3.47. The lowest BCUT2D eigenvalue weighted by molar-refractivity contribution is 0.234. The number of hydrogen-bond acceptors (Lipinski definition) is 5. The van der Waals surface area contributed by atoms with Crippen LogP contribution in [0.5, 0.6) is 5.75 Å². The zero-order chi connectivity index (χ0) is 20.7. The number of carbonyl (C=O) groups excluding carboxylic acids is 1. The molecule has 9 heteroatoms. The highest BCUT2D eigenvalue weighted by molar-refractivity contribution is 7.91. The molecule has 1 aliphatic rings. The van der Waals surface area contributed by atoms with Crippen molar-refractivity contribution in [3.05, 3.63) is 41.8 Å². The molecule has 3 rings (SSSR count). The fraction of sp³-hybridized carbons (Fsp3) is 0.450. The number of benzene rings is 1. The van der Waals surface area contributed by atoms with E-state index in [4.69, 9.17) is 4.74 Å². The molecular formula is C20H27N3O4S2. The van der Waals surface area contributed by atoms with Crippen molar-refractivity contribution in [2.24, 2.45) is 0 Å². The van der Waals surface area contributed by atoms with Crippen LogP contribution in [-0.2, 0) is 10.0 Å². The Morgan fingerprint density at radius 2 is 2.07 bits per heavy atom. The van der Waals surface area contributed by atoms with Crippen LogP contribution in [0.3, 0.4) is 0 Å². The molecule has 0 spiro atoms. The van der Waals surface area contributed by atoms with Crippen molar-refractivity contribution < 1.29 is 17.9 Å². The van der Waals surface area contributed by atoms with Crippen LogP contribution >= 0.6 is 11.3 Å². The predicted molar refractivity (Wildman–Crippen MR) is 115 cm³/mol. The first-order valence-corrected chi connectivity index (χ1v) is 12.2. The van der Waals surface area contributed by atoms with Gasteiger partial charge in [-0.3, -0.25) is 0 Å². The topological polar surface area (TPSA) is 87.7 Å². The average molecular weight is 438 g/mol. The number of nitrogens with one attached hydrogen (secondary N) is 2. The molecule has 2 aromatic rings. The number of sulfonamides is 1. The third-order valence-electron chi connectivity index (χ3n) is 4.83. The number of hydrogen-bond donors (Lipinski definition) is 2. The zero-order valence-corrected chi connectivity index (χ0v) is 18.1. The highest BCUT2D eigenvalue weighted by Gasteiger charge is 2.33. The van der Waals surface area contributed by atoms with Crippen LogP contribution in [0.15, 0.2) is 46.0 Å². The van der Waals surface area contributed by atoms with Gasteiger partial charge in [0.2, 0.25) is 0 Å². The van der Waals surface area contributed by atoms with Crippen LogP contribution in [0.1, 0.15) is 32.6 Å². The summed E-state index contributed by atoms with van der Waals surface area (Å²) in [5.74, 6) is 0.616. The number of thiophene rings is 1. The Hall–Kier alpha value is -2.10. The van der Waals surface area contributed by atoms with E-state index in [1.54, 1.807) is 34.0 Å². The number of anilines is 1. The number of amides is 2. The van der Waals surface area contributed by atoms with Gasteiger partial charge in [-0.2, -0.15) is 4.31 Å². The van der Waals surface area contributed by atoms with E-state index >= 15 is 0 Å². The number of carbonyl (C=O) groups is 1. The number of para-hydroxylation sites is 2. The maximum Gasteiger partial charge on any atom is 0.319 e. The summed E-state index contributed by atoms with van der Waals surface area (Å²) in [6.07, 6.45) is 3.24. The molecule has 2 heterocycles. The Morgan fingerprint density at radius 1 is 1.24 bits per heavy atom. The maximum atomic E-state index is 12.9. The first-order valence-electron chi connectivity index (χ1n) is 9.84. The molecule has 158 valence electrons. The van der Waals surface area contributed by atoms with Crippen LogP contribution in [-0.4, -0.2) is 44.5 Å². The second-order valence-corrected chi connectivity index (χ2v) is 9.86. The number of rotatable bonds is 8. The second-order valence-electron chi connectivity index (χ2n) is 6.80. The average Bonchev–Trinajstić information content (AvgIpc) is 3.26. The van der Waals surface area contributed by atoms with Crippen molar-refractivity contribution in [2.45, 2.75) is 42.9 Å². The SMILES string of the molecule is CCOc1ccccc1NC(=O)NCCC1CCCCN1S(=O)(=O)c1cccs1. The molecule has 0 aliphatic carbocycles. The van der Waals surface area contributed by atoms with Crippen molar-refractivity contribution >= 4 is 33.1 Å². The standard InChI is InChI=1S/C20H27N3O4S2/c1-2-27-18-10-4-3-9-17(18)22-20(24)21-13-12-16-8-5-6-14-23(16)29(25,26)19-11-7-15-28-19/h3-4,7,9-11,15-16H,2,5-6,8,12-14H2,1H3,(H2,21,22,24). The molecule has 7 nitrogen and oxygen atoms in total. The van der Waals surface area contributed by atoms with Gasteiger partial charge in [0.15, 0.2) is 0 Å². The van der Waals surface area contributed by atoms with Crippen LogP contribution in [0, 0.1) is 0 Å². The van der Waals surface area contributed by atoms with E-state index < -0.39 is 10.0 Å². The van der Waals surface area contributed by atoms with E-state index in [2.05, 4.69) is 10.6 Å². The Kier molecular flexibility index (Phi) is 7.51. The van der Waals surface area contributed by atoms with E-state index in [1.165, 1.54) is 11.3 Å². The lowest BCUT2D eigenvalue weighted by Gasteiger charge is -2.34. The van der Waals surface area contributed by atoms with Crippen molar-refractivity contribution in [1.82, 2.24) is 9.62 Å². The molecular weight excluding hydrogens is 410 g/mol. The smallest absolute Gasteiger partial charge is 0.319 e. The van der Waals surface area contributed by atoms with Gasteiger partial charge >= 0.3 is 6.03 Å². The summed E-state index contributed by atoms with van der Waals surface area (Å²) in [7, 11) is -3.47. The summed E-state index contributed by atoms with van der Waals surface area (Å²) in [6, 6.07) is 10.2. The summed E-state index contributed by atoms with van der Waals surface area (Å²) < 4.78 is 33.3. The molecule has 1 fully saturated rings. The van der Waals surface area contributed by atoms with Crippen LogP contribution in [0.2, 0.25) is 0 Å². The molecule has 0 saturated carbocycles. The fourth-order valence-electron chi connectivity index (χ4n) is 3.47.